The zero-order valence-corrected chi connectivity index (χ0v) is 38.8. The number of ether oxygens (including phenoxy) is 11. The highest BCUT2D eigenvalue weighted by molar-refractivity contribution is 5.73. The van der Waals surface area contributed by atoms with Crippen molar-refractivity contribution >= 4 is 11.8 Å². The maximum atomic E-state index is 13.1. The molecule has 2 amide bonds. The third-order valence-corrected chi connectivity index (χ3v) is 13.2. The Labute approximate surface area is 408 Å². The van der Waals surface area contributed by atoms with Crippen molar-refractivity contribution in [3.63, 3.8) is 0 Å². The van der Waals surface area contributed by atoms with Crippen molar-refractivity contribution in [3.8, 4) is 0 Å². The molecular formula is C40H68N2O30. The summed E-state index contributed by atoms with van der Waals surface area (Å²) in [5, 5.41) is 187. The second kappa shape index (κ2) is 25.3. The van der Waals surface area contributed by atoms with E-state index in [1.165, 1.54) is 6.92 Å². The molecule has 32 heteroatoms. The van der Waals surface area contributed by atoms with Crippen LogP contribution in [0.15, 0.2) is 0 Å². The van der Waals surface area contributed by atoms with Crippen LogP contribution >= 0.6 is 0 Å². The van der Waals surface area contributed by atoms with Crippen LogP contribution in [0.5, 0.6) is 0 Å². The van der Waals surface area contributed by atoms with Crippen molar-refractivity contribution in [3.05, 3.63) is 0 Å². The molecule has 0 aromatic rings. The van der Waals surface area contributed by atoms with E-state index in [9.17, 15) is 96.4 Å². The normalized spacial score (nSPS) is 50.3. The molecule has 6 saturated heterocycles. The van der Waals surface area contributed by atoms with Crippen molar-refractivity contribution in [2.24, 2.45) is 0 Å². The zero-order chi connectivity index (χ0) is 53.2. The van der Waals surface area contributed by atoms with Crippen LogP contribution in [0.4, 0.5) is 0 Å². The molecule has 0 bridgehead atoms. The van der Waals surface area contributed by atoms with Gasteiger partial charge in [0.15, 0.2) is 37.7 Å². The largest absolute Gasteiger partial charge is 0.394 e. The molecule has 6 aliphatic heterocycles. The Morgan fingerprint density at radius 3 is 1.25 bits per heavy atom. The Morgan fingerprint density at radius 2 is 0.750 bits per heavy atom. The van der Waals surface area contributed by atoms with E-state index in [0.717, 1.165) is 13.8 Å². The molecule has 6 rings (SSSR count). The van der Waals surface area contributed by atoms with Gasteiger partial charge < -0.3 is 150 Å². The van der Waals surface area contributed by atoms with E-state index in [1.54, 1.807) is 0 Å². The van der Waals surface area contributed by atoms with Crippen molar-refractivity contribution in [1.82, 2.24) is 10.6 Å². The fourth-order valence-corrected chi connectivity index (χ4v) is 9.26. The summed E-state index contributed by atoms with van der Waals surface area (Å²) in [7, 11) is 0. The monoisotopic (exact) mass is 1060 g/mol. The minimum atomic E-state index is -2.26. The molecule has 0 aromatic carbocycles. The molecule has 0 radical (unpaired) electrons. The van der Waals surface area contributed by atoms with Crippen LogP contribution < -0.4 is 10.6 Å². The van der Waals surface area contributed by atoms with E-state index in [4.69, 9.17) is 52.1 Å². The summed E-state index contributed by atoms with van der Waals surface area (Å²) in [6.07, 6.45) is -53.2. The van der Waals surface area contributed by atoms with Crippen molar-refractivity contribution in [1.29, 1.82) is 0 Å². The number of rotatable bonds is 17. The molecule has 19 N–H and O–H groups in total. The highest BCUT2D eigenvalue weighted by Crippen LogP contribution is 2.38. The first kappa shape index (κ1) is 59.1. The Bertz CT molecular complexity index is 1730. The number of amides is 2. The van der Waals surface area contributed by atoms with Crippen LogP contribution in [-0.2, 0) is 61.7 Å². The fourth-order valence-electron chi connectivity index (χ4n) is 9.26. The van der Waals surface area contributed by atoms with Crippen molar-refractivity contribution in [2.45, 2.75) is 205 Å². The van der Waals surface area contributed by atoms with Gasteiger partial charge in [-0.3, -0.25) is 9.59 Å². The van der Waals surface area contributed by atoms with Crippen LogP contribution in [0.25, 0.3) is 0 Å². The van der Waals surface area contributed by atoms with Crippen molar-refractivity contribution < 1.29 is 149 Å². The number of nitrogens with one attached hydrogen (secondary N) is 2. The van der Waals surface area contributed by atoms with Gasteiger partial charge in [0.25, 0.3) is 0 Å². The molecule has 72 heavy (non-hydrogen) atoms. The van der Waals surface area contributed by atoms with E-state index in [2.05, 4.69) is 10.6 Å². The van der Waals surface area contributed by atoms with Gasteiger partial charge in [-0.2, -0.15) is 0 Å². The number of carbonyl (C=O) groups excluding carboxylic acids is 2. The van der Waals surface area contributed by atoms with Gasteiger partial charge in [0.1, 0.15) is 140 Å². The summed E-state index contributed by atoms with van der Waals surface area (Å²) in [4.78, 5) is 25.3. The quantitative estimate of drug-likeness (QED) is 0.0643. The number of aliphatic hydroxyl groups is 17. The molecular weight excluding hydrogens is 988 g/mol. The van der Waals surface area contributed by atoms with E-state index in [-0.39, 0.29) is 0 Å². The molecule has 418 valence electrons. The second-order valence-corrected chi connectivity index (χ2v) is 18.2. The predicted molar refractivity (Wildman–Crippen MR) is 221 cm³/mol. The smallest absolute Gasteiger partial charge is 0.217 e. The summed E-state index contributed by atoms with van der Waals surface area (Å²) in [5.41, 5.74) is 0. The van der Waals surface area contributed by atoms with Gasteiger partial charge in [-0.1, -0.05) is 0 Å². The van der Waals surface area contributed by atoms with Crippen LogP contribution in [0.1, 0.15) is 20.8 Å². The molecule has 0 unspecified atom stereocenters. The molecule has 32 nitrogen and oxygen atoms in total. The van der Waals surface area contributed by atoms with E-state index in [1.807, 2.05) is 0 Å². The Hall–Kier alpha value is -2.18. The van der Waals surface area contributed by atoms with Gasteiger partial charge in [0.05, 0.1) is 39.1 Å². The minimum absolute atomic E-state index is 0.772. The van der Waals surface area contributed by atoms with E-state index < -0.39 is 229 Å². The number of carbonyl (C=O) groups is 2. The summed E-state index contributed by atoms with van der Waals surface area (Å²) >= 11 is 0. The Kier molecular flexibility index (Phi) is 20.8. The molecule has 0 aliphatic carbocycles. The first-order valence-electron chi connectivity index (χ1n) is 23.0. The highest BCUT2D eigenvalue weighted by Gasteiger charge is 2.59. The lowest BCUT2D eigenvalue weighted by atomic mass is 9.93. The third kappa shape index (κ3) is 12.5. The molecule has 0 spiro atoms. The number of hydrogen-bond acceptors (Lipinski definition) is 30. The molecule has 6 aliphatic rings. The lowest BCUT2D eigenvalue weighted by Gasteiger charge is -2.52. The van der Waals surface area contributed by atoms with Crippen LogP contribution in [0, 0.1) is 0 Å². The van der Waals surface area contributed by atoms with E-state index in [0.29, 0.717) is 0 Å². The number of hydrogen-bond donors (Lipinski definition) is 19. The minimum Gasteiger partial charge on any atom is -0.394 e. The van der Waals surface area contributed by atoms with Crippen molar-refractivity contribution in [2.75, 3.05) is 33.0 Å². The predicted octanol–water partition coefficient (Wildman–Crippen LogP) is -12.8. The zero-order valence-electron chi connectivity index (χ0n) is 38.8. The lowest BCUT2D eigenvalue weighted by Crippen LogP contribution is -2.71. The molecule has 0 saturated carbocycles. The SMILES string of the molecule is CC(=O)N[C@H]1[C@@H](O[C@H]2[C@@H](O)[C@@H](CO)O[C@@H](O[C@@H]3[C@@H](NC(C)=O)[C@H](O[C@H]4[C@@H](O)[C@@H](CO)O[C@@H](O[C@H]5[C@H](O)[C@@H](O)[C@H](O)O[C@@H]5CO)[C@@H]4O)O[C@H](CO)[C@H]3O[C@@H]3O[C@@H](C)[C@@H](O)[C@@H](O)[C@@H]3O)[C@@H]2O)O[C@H](CO)[C@H](O)[C@@H]1O. The first-order valence-corrected chi connectivity index (χ1v) is 23.0. The maximum absolute atomic E-state index is 13.1. The van der Waals surface area contributed by atoms with E-state index >= 15 is 0 Å². The average Bonchev–Trinajstić information content (AvgIpc) is 3.34. The van der Waals surface area contributed by atoms with Crippen LogP contribution in [0.2, 0.25) is 0 Å². The third-order valence-electron chi connectivity index (χ3n) is 13.2. The standard InChI is InChI=1S/C40H68N2O30/c1-9-19(50)24(55)27(58)38(62-9)69-31-16(8-47)67-37(72-34-22(53)13(5-44)65-39(28(34)59)68-30-15(7-46)63-35(61)26(57)25(30)56)18(42-11(3)49)32(31)70-40-29(60)33(21(52)14(6-45)66-40)71-36-17(41-10(2)48)23(54)20(51)12(4-43)64-36/h9,12-40,43-47,50-61H,4-8H2,1-3H3,(H,41,48)(H,42,49)/t9-,12+,13+,14+,15+,16+,17+,18+,19+,20-,21-,22-,23+,24+,25+,26+,27-,28+,29+,30+,31+,32+,33-,34-,35+,36+,37-,38-,39-,40-/m0/s1. The van der Waals surface area contributed by atoms with Gasteiger partial charge in [-0.15, -0.1) is 0 Å². The van der Waals surface area contributed by atoms with Gasteiger partial charge in [0.2, 0.25) is 11.8 Å². The first-order chi connectivity index (χ1) is 34.0. The molecule has 0 aromatic heterocycles. The summed E-state index contributed by atoms with van der Waals surface area (Å²) < 4.78 is 63.9. The Morgan fingerprint density at radius 1 is 0.361 bits per heavy atom. The average molecular weight is 1060 g/mol. The second-order valence-electron chi connectivity index (χ2n) is 18.2. The van der Waals surface area contributed by atoms with Gasteiger partial charge in [-0.25, -0.2) is 0 Å². The Balaban J connectivity index is 1.37. The fraction of sp³-hybridized carbons (Fsp3) is 0.950. The maximum Gasteiger partial charge on any atom is 0.217 e. The van der Waals surface area contributed by atoms with Crippen LogP contribution in [0.3, 0.4) is 0 Å². The number of aliphatic hydroxyl groups excluding tert-OH is 17. The highest BCUT2D eigenvalue weighted by atomic mass is 16.8. The van der Waals surface area contributed by atoms with Gasteiger partial charge >= 0.3 is 0 Å². The summed E-state index contributed by atoms with van der Waals surface area (Å²) in [6, 6.07) is -3.51. The molecule has 6 fully saturated rings. The van der Waals surface area contributed by atoms with Gasteiger partial charge in [0, 0.05) is 13.8 Å². The lowest BCUT2D eigenvalue weighted by molar-refractivity contribution is -0.395. The summed E-state index contributed by atoms with van der Waals surface area (Å²) in [6.45, 7) is -1.65. The topological polar surface area (TPSA) is 504 Å². The molecule has 30 atom stereocenters. The van der Waals surface area contributed by atoms with Gasteiger partial charge in [-0.05, 0) is 6.92 Å². The van der Waals surface area contributed by atoms with Crippen LogP contribution in [-0.4, -0.2) is 316 Å². The summed E-state index contributed by atoms with van der Waals surface area (Å²) in [5.74, 6) is -1.68. The molecule has 6 heterocycles.